The summed E-state index contributed by atoms with van der Waals surface area (Å²) in [6.07, 6.45) is 2.12. The number of para-hydroxylation sites is 1. The van der Waals surface area contributed by atoms with E-state index < -0.39 is 5.97 Å². The lowest BCUT2D eigenvalue weighted by molar-refractivity contribution is -0.118. The fraction of sp³-hybridized carbons (Fsp3) is 0.333. The number of hydrogen-bond acceptors (Lipinski definition) is 5. The minimum atomic E-state index is -0.395. The summed E-state index contributed by atoms with van der Waals surface area (Å²) in [6, 6.07) is 6.94. The van der Waals surface area contributed by atoms with E-state index in [0.717, 1.165) is 18.4 Å². The van der Waals surface area contributed by atoms with Gasteiger partial charge in [-0.1, -0.05) is 23.7 Å². The first-order valence-electron chi connectivity index (χ1n) is 8.05. The molecule has 0 aliphatic heterocycles. The Morgan fingerprint density at radius 3 is 2.76 bits per heavy atom. The molecule has 5 nitrogen and oxygen atoms in total. The number of ether oxygens (including phenoxy) is 2. The molecule has 0 saturated heterocycles. The van der Waals surface area contributed by atoms with Crippen LogP contribution in [0.4, 0.5) is 5.00 Å². The molecule has 3 rings (SSSR count). The summed E-state index contributed by atoms with van der Waals surface area (Å²) in [4.78, 5) is 24.5. The summed E-state index contributed by atoms with van der Waals surface area (Å²) in [5.74, 6) is 0.0816. The number of rotatable bonds is 7. The van der Waals surface area contributed by atoms with E-state index in [1.807, 2.05) is 5.38 Å². The van der Waals surface area contributed by atoms with Crippen LogP contribution < -0.4 is 10.1 Å². The number of anilines is 1. The van der Waals surface area contributed by atoms with Crippen molar-refractivity contribution in [2.75, 3.05) is 18.5 Å². The summed E-state index contributed by atoms with van der Waals surface area (Å²) in [6.45, 7) is 1.86. The van der Waals surface area contributed by atoms with E-state index in [0.29, 0.717) is 33.9 Å². The largest absolute Gasteiger partial charge is 0.482 e. The lowest BCUT2D eigenvalue weighted by Crippen LogP contribution is -2.21. The van der Waals surface area contributed by atoms with Crippen LogP contribution in [0.3, 0.4) is 0 Å². The van der Waals surface area contributed by atoms with E-state index in [2.05, 4.69) is 5.32 Å². The maximum atomic E-state index is 12.3. The Kier molecular flexibility index (Phi) is 5.60. The molecular formula is C18H18ClNO4S. The highest BCUT2D eigenvalue weighted by atomic mass is 35.5. The van der Waals surface area contributed by atoms with Gasteiger partial charge in [-0.2, -0.15) is 0 Å². The first kappa shape index (κ1) is 17.8. The molecule has 1 N–H and O–H groups in total. The van der Waals surface area contributed by atoms with Crippen molar-refractivity contribution >= 4 is 39.8 Å². The maximum absolute atomic E-state index is 12.3. The normalized spacial score (nSPS) is 13.4. The number of benzene rings is 1. The summed E-state index contributed by atoms with van der Waals surface area (Å²) in [5, 5.41) is 5.63. The Morgan fingerprint density at radius 2 is 2.08 bits per heavy atom. The minimum Gasteiger partial charge on any atom is -0.482 e. The average Bonchev–Trinajstić information content (AvgIpc) is 3.35. The average molecular weight is 380 g/mol. The minimum absolute atomic E-state index is 0.192. The number of amides is 1. The zero-order chi connectivity index (χ0) is 17.8. The number of esters is 1. The number of hydrogen-bond donors (Lipinski definition) is 1. The van der Waals surface area contributed by atoms with E-state index in [1.165, 1.54) is 11.3 Å². The fourth-order valence-corrected chi connectivity index (χ4v) is 3.68. The van der Waals surface area contributed by atoms with Gasteiger partial charge in [0.05, 0.1) is 17.2 Å². The summed E-state index contributed by atoms with van der Waals surface area (Å²) >= 11 is 7.34. The second-order valence-electron chi connectivity index (χ2n) is 5.66. The second kappa shape index (κ2) is 7.89. The lowest BCUT2D eigenvalue weighted by Gasteiger charge is -2.10. The molecule has 1 aliphatic carbocycles. The van der Waals surface area contributed by atoms with Crippen molar-refractivity contribution in [1.82, 2.24) is 0 Å². The van der Waals surface area contributed by atoms with Gasteiger partial charge in [-0.05, 0) is 48.8 Å². The Balaban J connectivity index is 1.68. The van der Waals surface area contributed by atoms with Gasteiger partial charge in [0.15, 0.2) is 6.61 Å². The quantitative estimate of drug-likeness (QED) is 0.720. The Hall–Kier alpha value is -2.05. The molecule has 25 heavy (non-hydrogen) atoms. The van der Waals surface area contributed by atoms with Crippen molar-refractivity contribution in [3.05, 3.63) is 45.8 Å². The van der Waals surface area contributed by atoms with Crippen LogP contribution >= 0.6 is 22.9 Å². The highest BCUT2D eigenvalue weighted by Gasteiger charge is 2.32. The summed E-state index contributed by atoms with van der Waals surface area (Å²) < 4.78 is 10.6. The highest BCUT2D eigenvalue weighted by molar-refractivity contribution is 7.15. The van der Waals surface area contributed by atoms with Crippen LogP contribution in [-0.4, -0.2) is 25.1 Å². The van der Waals surface area contributed by atoms with Crippen LogP contribution in [0.5, 0.6) is 5.75 Å². The van der Waals surface area contributed by atoms with Crippen molar-refractivity contribution in [1.29, 1.82) is 0 Å². The molecule has 2 aromatic rings. The second-order valence-corrected chi connectivity index (χ2v) is 6.94. The van der Waals surface area contributed by atoms with Crippen LogP contribution in [0.15, 0.2) is 29.6 Å². The standard InChI is InChI=1S/C18H18ClNO4S/c1-2-23-18(22)16-12(11-7-8-11)10-25-17(16)20-15(21)9-24-14-6-4-3-5-13(14)19/h3-6,10-11H,2,7-9H2,1H3,(H,20,21). The van der Waals surface area contributed by atoms with Crippen molar-refractivity contribution in [3.63, 3.8) is 0 Å². The third-order valence-electron chi connectivity index (χ3n) is 3.76. The SMILES string of the molecule is CCOC(=O)c1c(C2CC2)csc1NC(=O)COc1ccccc1Cl. The summed E-state index contributed by atoms with van der Waals surface area (Å²) in [7, 11) is 0. The van der Waals surface area contributed by atoms with Gasteiger partial charge in [-0.15, -0.1) is 11.3 Å². The molecule has 1 aromatic carbocycles. The number of nitrogens with one attached hydrogen (secondary N) is 1. The van der Waals surface area contributed by atoms with Gasteiger partial charge in [0, 0.05) is 0 Å². The van der Waals surface area contributed by atoms with E-state index in [1.54, 1.807) is 31.2 Å². The van der Waals surface area contributed by atoms with Crippen LogP contribution in [0.1, 0.15) is 41.6 Å². The molecule has 0 radical (unpaired) electrons. The van der Waals surface area contributed by atoms with Crippen LogP contribution in [0, 0.1) is 0 Å². The maximum Gasteiger partial charge on any atom is 0.341 e. The zero-order valence-electron chi connectivity index (χ0n) is 13.7. The number of thiophene rings is 1. The topological polar surface area (TPSA) is 64.6 Å². The fourth-order valence-electron chi connectivity index (χ4n) is 2.44. The third-order valence-corrected chi connectivity index (χ3v) is 4.99. The van der Waals surface area contributed by atoms with Gasteiger partial charge < -0.3 is 14.8 Å². The van der Waals surface area contributed by atoms with Crippen molar-refractivity contribution in [2.24, 2.45) is 0 Å². The van der Waals surface area contributed by atoms with Crippen molar-refractivity contribution in [3.8, 4) is 5.75 Å². The molecule has 0 spiro atoms. The molecule has 132 valence electrons. The molecule has 0 bridgehead atoms. The molecule has 1 aromatic heterocycles. The first-order chi connectivity index (χ1) is 12.1. The zero-order valence-corrected chi connectivity index (χ0v) is 15.3. The Morgan fingerprint density at radius 1 is 1.32 bits per heavy atom. The predicted molar refractivity (Wildman–Crippen MR) is 97.8 cm³/mol. The molecular weight excluding hydrogens is 362 g/mol. The molecule has 1 amide bonds. The Labute approximate surface area is 154 Å². The van der Waals surface area contributed by atoms with Crippen LogP contribution in [-0.2, 0) is 9.53 Å². The molecule has 1 aliphatic rings. The van der Waals surface area contributed by atoms with Gasteiger partial charge >= 0.3 is 5.97 Å². The van der Waals surface area contributed by atoms with Gasteiger partial charge in [0.1, 0.15) is 10.8 Å². The lowest BCUT2D eigenvalue weighted by atomic mass is 10.1. The van der Waals surface area contributed by atoms with E-state index in [4.69, 9.17) is 21.1 Å². The van der Waals surface area contributed by atoms with Crippen LogP contribution in [0.2, 0.25) is 5.02 Å². The van der Waals surface area contributed by atoms with Gasteiger partial charge in [-0.25, -0.2) is 4.79 Å². The molecule has 7 heteroatoms. The molecule has 1 heterocycles. The van der Waals surface area contributed by atoms with Crippen molar-refractivity contribution < 1.29 is 19.1 Å². The van der Waals surface area contributed by atoms with Gasteiger partial charge in [0.25, 0.3) is 5.91 Å². The first-order valence-corrected chi connectivity index (χ1v) is 9.31. The predicted octanol–water partition coefficient (Wildman–Crippen LogP) is 4.47. The van der Waals surface area contributed by atoms with Gasteiger partial charge in [-0.3, -0.25) is 4.79 Å². The Bertz CT molecular complexity index is 785. The molecule has 1 saturated carbocycles. The molecule has 1 fully saturated rings. The van der Waals surface area contributed by atoms with E-state index >= 15 is 0 Å². The molecule has 0 atom stereocenters. The number of carbonyl (C=O) groups excluding carboxylic acids is 2. The van der Waals surface area contributed by atoms with E-state index in [9.17, 15) is 9.59 Å². The molecule has 0 unspecified atom stereocenters. The highest BCUT2D eigenvalue weighted by Crippen LogP contribution is 2.46. The van der Waals surface area contributed by atoms with E-state index in [-0.39, 0.29) is 12.5 Å². The smallest absolute Gasteiger partial charge is 0.341 e. The number of halogens is 1. The third kappa shape index (κ3) is 4.32. The van der Waals surface area contributed by atoms with Crippen LogP contribution in [0.25, 0.3) is 0 Å². The summed E-state index contributed by atoms with van der Waals surface area (Å²) in [5.41, 5.74) is 1.44. The van der Waals surface area contributed by atoms with Crippen molar-refractivity contribution in [2.45, 2.75) is 25.7 Å². The monoisotopic (exact) mass is 379 g/mol. The van der Waals surface area contributed by atoms with Gasteiger partial charge in [0.2, 0.25) is 0 Å². The number of carbonyl (C=O) groups is 2.